The van der Waals surface area contributed by atoms with Crippen molar-refractivity contribution in [1.82, 2.24) is 5.43 Å². The van der Waals surface area contributed by atoms with E-state index in [1.807, 2.05) is 30.3 Å². The van der Waals surface area contributed by atoms with E-state index in [-0.39, 0.29) is 0 Å². The fourth-order valence-corrected chi connectivity index (χ4v) is 2.60. The van der Waals surface area contributed by atoms with Crippen molar-refractivity contribution in [3.63, 3.8) is 0 Å². The zero-order valence-electron chi connectivity index (χ0n) is 11.8. The molecule has 0 aromatic heterocycles. The second kappa shape index (κ2) is 5.33. The Morgan fingerprint density at radius 2 is 1.73 bits per heavy atom. The lowest BCUT2D eigenvalue weighted by molar-refractivity contribution is 0.0601. The summed E-state index contributed by atoms with van der Waals surface area (Å²) in [4.78, 5) is 22.9. The minimum atomic E-state index is -0.748. The molecule has 6 heteroatoms. The molecule has 0 fully saturated rings. The van der Waals surface area contributed by atoms with E-state index >= 15 is 0 Å². The van der Waals surface area contributed by atoms with Gasteiger partial charge in [0.05, 0.1) is 18.4 Å². The lowest BCUT2D eigenvalue weighted by Crippen LogP contribution is -2.25. The van der Waals surface area contributed by atoms with E-state index in [9.17, 15) is 9.59 Å². The number of rotatable bonds is 2. The molecule has 0 heterocycles. The Morgan fingerprint density at radius 1 is 1.05 bits per heavy atom. The highest BCUT2D eigenvalue weighted by molar-refractivity contribution is 6.26. The summed E-state index contributed by atoms with van der Waals surface area (Å²) in [5.74, 6) is -0.421. The van der Waals surface area contributed by atoms with Gasteiger partial charge in [0.1, 0.15) is 0 Å². The van der Waals surface area contributed by atoms with Crippen molar-refractivity contribution in [1.29, 1.82) is 0 Å². The number of benzene rings is 2. The fourth-order valence-electron chi connectivity index (χ4n) is 2.60. The smallest absolute Gasteiger partial charge is 0.338 e. The highest BCUT2D eigenvalue weighted by Crippen LogP contribution is 2.39. The number of hydrogen-bond acceptors (Lipinski definition) is 4. The molecule has 0 unspecified atom stereocenters. The molecule has 1 aliphatic rings. The normalized spacial score (nSPS) is 13.4. The second-order valence-electron chi connectivity index (χ2n) is 4.70. The van der Waals surface area contributed by atoms with Crippen molar-refractivity contribution in [2.45, 2.75) is 0 Å². The predicted octanol–water partition coefficient (Wildman–Crippen LogP) is 1.87. The van der Waals surface area contributed by atoms with Crippen LogP contribution in [0.1, 0.15) is 21.5 Å². The van der Waals surface area contributed by atoms with Crippen LogP contribution in [0, 0.1) is 0 Å². The molecule has 3 N–H and O–H groups in total. The molecule has 1 aliphatic carbocycles. The largest absolute Gasteiger partial charge is 0.465 e. The zero-order valence-corrected chi connectivity index (χ0v) is 11.8. The van der Waals surface area contributed by atoms with Gasteiger partial charge in [0.25, 0.3) is 0 Å². The number of nitrogens with zero attached hydrogens (tertiary/aromatic N) is 1. The third-order valence-corrected chi connectivity index (χ3v) is 3.45. The van der Waals surface area contributed by atoms with Crippen LogP contribution in [0.2, 0.25) is 0 Å². The molecular formula is C16H13N3O3. The van der Waals surface area contributed by atoms with Gasteiger partial charge >= 0.3 is 12.0 Å². The summed E-state index contributed by atoms with van der Waals surface area (Å²) in [7, 11) is 1.34. The first-order valence-corrected chi connectivity index (χ1v) is 6.58. The molecule has 0 bridgehead atoms. The summed E-state index contributed by atoms with van der Waals surface area (Å²) in [6, 6.07) is 12.0. The SMILES string of the molecule is COC(=O)c1cccc2c1-c1ccccc1/C2=N/NC(N)=O. The van der Waals surface area contributed by atoms with Gasteiger partial charge in [0, 0.05) is 16.7 Å². The molecule has 0 spiro atoms. The maximum atomic E-state index is 12.0. The number of carbonyl (C=O) groups excluding carboxylic acids is 2. The summed E-state index contributed by atoms with van der Waals surface area (Å²) in [6.45, 7) is 0. The summed E-state index contributed by atoms with van der Waals surface area (Å²) in [6.07, 6.45) is 0. The van der Waals surface area contributed by atoms with Crippen LogP contribution in [-0.2, 0) is 4.74 Å². The Bertz CT molecular complexity index is 812. The van der Waals surface area contributed by atoms with Gasteiger partial charge in [-0.3, -0.25) is 0 Å². The standard InChI is InChI=1S/C16H13N3O3/c1-22-15(20)12-8-4-7-11-13(12)9-5-2-3-6-10(9)14(11)18-19-16(17)21/h2-8H,1H3,(H3,17,19,21)/b18-14-. The van der Waals surface area contributed by atoms with Gasteiger partial charge in [-0.1, -0.05) is 36.4 Å². The first-order valence-electron chi connectivity index (χ1n) is 6.58. The Hall–Kier alpha value is -3.15. The quantitative estimate of drug-likeness (QED) is 0.558. The van der Waals surface area contributed by atoms with Gasteiger partial charge in [-0.05, 0) is 11.6 Å². The van der Waals surface area contributed by atoms with Crippen molar-refractivity contribution in [2.24, 2.45) is 10.8 Å². The zero-order chi connectivity index (χ0) is 15.7. The topological polar surface area (TPSA) is 93.8 Å². The van der Waals surface area contributed by atoms with E-state index in [2.05, 4.69) is 10.5 Å². The van der Waals surface area contributed by atoms with Crippen LogP contribution >= 0.6 is 0 Å². The number of amides is 2. The number of hydrazone groups is 1. The van der Waals surface area contributed by atoms with Crippen molar-refractivity contribution >= 4 is 17.7 Å². The van der Waals surface area contributed by atoms with Crippen LogP contribution in [-0.4, -0.2) is 24.8 Å². The van der Waals surface area contributed by atoms with Crippen molar-refractivity contribution in [3.8, 4) is 11.1 Å². The predicted molar refractivity (Wildman–Crippen MR) is 81.6 cm³/mol. The molecule has 2 aromatic rings. The summed E-state index contributed by atoms with van der Waals surface area (Å²) in [5, 5.41) is 4.07. The van der Waals surface area contributed by atoms with Gasteiger partial charge in [-0.15, -0.1) is 0 Å². The number of nitrogens with two attached hydrogens (primary N) is 1. The van der Waals surface area contributed by atoms with Gasteiger partial charge in [-0.25, -0.2) is 15.0 Å². The first-order chi connectivity index (χ1) is 10.6. The number of fused-ring (bicyclic) bond motifs is 3. The summed E-state index contributed by atoms with van der Waals surface area (Å²) in [5.41, 5.74) is 11.5. The number of methoxy groups -OCH3 is 1. The summed E-state index contributed by atoms with van der Waals surface area (Å²) < 4.78 is 4.84. The van der Waals surface area contributed by atoms with Gasteiger partial charge in [0.15, 0.2) is 0 Å². The molecule has 6 nitrogen and oxygen atoms in total. The number of primary amides is 1. The molecular weight excluding hydrogens is 282 g/mol. The highest BCUT2D eigenvalue weighted by atomic mass is 16.5. The van der Waals surface area contributed by atoms with Crippen molar-refractivity contribution in [3.05, 3.63) is 59.2 Å². The molecule has 0 atom stereocenters. The first kappa shape index (κ1) is 13.8. The third-order valence-electron chi connectivity index (χ3n) is 3.45. The minimum Gasteiger partial charge on any atom is -0.465 e. The Kier molecular flexibility index (Phi) is 3.34. The number of hydrogen-bond donors (Lipinski definition) is 2. The third kappa shape index (κ3) is 2.10. The van der Waals surface area contributed by atoms with Crippen molar-refractivity contribution in [2.75, 3.05) is 7.11 Å². The van der Waals surface area contributed by atoms with Gasteiger partial charge in [0.2, 0.25) is 0 Å². The molecule has 0 saturated carbocycles. The van der Waals surface area contributed by atoms with Crippen LogP contribution in [0.5, 0.6) is 0 Å². The van der Waals surface area contributed by atoms with Crippen LogP contribution in [0.4, 0.5) is 4.79 Å². The molecule has 22 heavy (non-hydrogen) atoms. The lowest BCUT2D eigenvalue weighted by Gasteiger charge is -2.07. The molecule has 0 saturated heterocycles. The monoisotopic (exact) mass is 295 g/mol. The van der Waals surface area contributed by atoms with Crippen LogP contribution in [0.25, 0.3) is 11.1 Å². The molecule has 3 rings (SSSR count). The minimum absolute atomic E-state index is 0.421. The van der Waals surface area contributed by atoms with Crippen LogP contribution < -0.4 is 11.2 Å². The number of ether oxygens (including phenoxy) is 1. The Labute approximate surface area is 126 Å². The van der Waals surface area contributed by atoms with E-state index < -0.39 is 12.0 Å². The highest BCUT2D eigenvalue weighted by Gasteiger charge is 2.29. The maximum absolute atomic E-state index is 12.0. The second-order valence-corrected chi connectivity index (χ2v) is 4.70. The number of carbonyl (C=O) groups is 2. The molecule has 2 amide bonds. The summed E-state index contributed by atoms with van der Waals surface area (Å²) >= 11 is 0. The number of nitrogens with one attached hydrogen (secondary N) is 1. The van der Waals surface area contributed by atoms with E-state index in [0.29, 0.717) is 11.3 Å². The lowest BCUT2D eigenvalue weighted by atomic mass is 9.99. The van der Waals surface area contributed by atoms with E-state index in [0.717, 1.165) is 22.3 Å². The average molecular weight is 295 g/mol. The molecule has 2 aromatic carbocycles. The molecule has 0 aliphatic heterocycles. The van der Waals surface area contributed by atoms with E-state index in [4.69, 9.17) is 10.5 Å². The van der Waals surface area contributed by atoms with Gasteiger partial charge in [-0.2, -0.15) is 5.10 Å². The molecule has 0 radical (unpaired) electrons. The average Bonchev–Trinajstić information content (AvgIpc) is 2.86. The maximum Gasteiger partial charge on any atom is 0.338 e. The van der Waals surface area contributed by atoms with E-state index in [1.165, 1.54) is 7.11 Å². The Morgan fingerprint density at radius 3 is 2.41 bits per heavy atom. The molecule has 110 valence electrons. The van der Waals surface area contributed by atoms with Crippen LogP contribution in [0.15, 0.2) is 47.6 Å². The fraction of sp³-hybridized carbons (Fsp3) is 0.0625. The number of esters is 1. The van der Waals surface area contributed by atoms with Crippen molar-refractivity contribution < 1.29 is 14.3 Å². The van der Waals surface area contributed by atoms with Crippen LogP contribution in [0.3, 0.4) is 0 Å². The van der Waals surface area contributed by atoms with E-state index in [1.54, 1.807) is 12.1 Å². The number of urea groups is 1. The Balaban J connectivity index is 2.27. The van der Waals surface area contributed by atoms with Gasteiger partial charge < -0.3 is 10.5 Å².